The molecule has 4 N–H and O–H groups in total. The standard InChI is InChI=1S/C27H40N4O7/c1-7-9-15-31(25(35)20(13-14-21(28)32)30-26(36)38-27(3,4)5)23(24(34)29-17-22(33)37-6)19-12-10-11-18(8-2)16-19/h8,10-12,16,20,23H,2,7,9,13-15,17H2,1,3-6H3,(H2,28,32)(H,29,34)(H,30,36). The average molecular weight is 533 g/mol. The maximum Gasteiger partial charge on any atom is 0.408 e. The first-order valence-corrected chi connectivity index (χ1v) is 12.5. The van der Waals surface area contributed by atoms with Crippen molar-refractivity contribution in [3.63, 3.8) is 0 Å². The fourth-order valence-corrected chi connectivity index (χ4v) is 3.55. The summed E-state index contributed by atoms with van der Waals surface area (Å²) in [7, 11) is 1.20. The summed E-state index contributed by atoms with van der Waals surface area (Å²) in [5, 5.41) is 5.05. The van der Waals surface area contributed by atoms with Gasteiger partial charge >= 0.3 is 12.1 Å². The lowest BCUT2D eigenvalue weighted by atomic mass is 9.99. The first-order valence-electron chi connectivity index (χ1n) is 12.5. The Morgan fingerprint density at radius 2 is 1.87 bits per heavy atom. The Hall–Kier alpha value is -3.89. The predicted octanol–water partition coefficient (Wildman–Crippen LogP) is 2.45. The molecule has 0 saturated heterocycles. The molecule has 0 spiro atoms. The summed E-state index contributed by atoms with van der Waals surface area (Å²) in [5.41, 5.74) is 5.68. The molecule has 2 atom stereocenters. The first kappa shape index (κ1) is 32.1. The Labute approximate surface area is 224 Å². The van der Waals surface area contributed by atoms with Crippen molar-refractivity contribution in [3.05, 3.63) is 42.0 Å². The zero-order valence-electron chi connectivity index (χ0n) is 22.9. The molecule has 0 heterocycles. The summed E-state index contributed by atoms with van der Waals surface area (Å²) in [6.45, 7) is 10.5. The summed E-state index contributed by atoms with van der Waals surface area (Å²) in [6, 6.07) is 4.54. The smallest absolute Gasteiger partial charge is 0.408 e. The number of methoxy groups -OCH3 is 1. The second kappa shape index (κ2) is 15.4. The van der Waals surface area contributed by atoms with E-state index < -0.39 is 54.0 Å². The van der Waals surface area contributed by atoms with Crippen molar-refractivity contribution in [2.75, 3.05) is 20.2 Å². The normalized spacial score (nSPS) is 12.4. The number of benzene rings is 1. The Morgan fingerprint density at radius 3 is 2.42 bits per heavy atom. The number of primary amides is 1. The summed E-state index contributed by atoms with van der Waals surface area (Å²) in [6.07, 6.45) is 1.72. The molecule has 1 rings (SSSR count). The number of unbranched alkanes of at least 4 members (excludes halogenated alkanes) is 1. The molecule has 1 aromatic carbocycles. The number of hydrogen-bond acceptors (Lipinski definition) is 7. The average Bonchev–Trinajstić information content (AvgIpc) is 2.85. The highest BCUT2D eigenvalue weighted by molar-refractivity contribution is 5.93. The number of alkyl carbamates (subject to hydrolysis) is 1. The molecule has 0 aliphatic carbocycles. The van der Waals surface area contributed by atoms with E-state index in [1.165, 1.54) is 12.0 Å². The van der Waals surface area contributed by atoms with Crippen molar-refractivity contribution in [2.24, 2.45) is 5.73 Å². The Bertz CT molecular complexity index is 1000. The third-order valence-electron chi connectivity index (χ3n) is 5.36. The van der Waals surface area contributed by atoms with E-state index in [4.69, 9.17) is 10.5 Å². The second-order valence-electron chi connectivity index (χ2n) is 9.66. The van der Waals surface area contributed by atoms with Crippen molar-refractivity contribution < 1.29 is 33.4 Å². The molecule has 0 bridgehead atoms. The summed E-state index contributed by atoms with van der Waals surface area (Å²) >= 11 is 0. The van der Waals surface area contributed by atoms with Crippen LogP contribution in [-0.2, 0) is 28.7 Å². The number of ether oxygens (including phenoxy) is 2. The van der Waals surface area contributed by atoms with E-state index in [9.17, 15) is 24.0 Å². The molecule has 11 heteroatoms. The molecule has 0 aliphatic heterocycles. The lowest BCUT2D eigenvalue weighted by Crippen LogP contribution is -2.53. The van der Waals surface area contributed by atoms with Gasteiger partial charge in [0.15, 0.2) is 0 Å². The van der Waals surface area contributed by atoms with Crippen LogP contribution in [0.25, 0.3) is 6.08 Å². The molecular formula is C27H40N4O7. The fourth-order valence-electron chi connectivity index (χ4n) is 3.55. The van der Waals surface area contributed by atoms with Crippen LogP contribution in [0.2, 0.25) is 0 Å². The van der Waals surface area contributed by atoms with E-state index in [0.29, 0.717) is 24.0 Å². The maximum atomic E-state index is 13.9. The molecule has 0 aliphatic rings. The van der Waals surface area contributed by atoms with Crippen LogP contribution in [-0.4, -0.2) is 66.5 Å². The lowest BCUT2D eigenvalue weighted by molar-refractivity contribution is -0.145. The topological polar surface area (TPSA) is 157 Å². The quantitative estimate of drug-likeness (QED) is 0.311. The molecule has 4 amide bonds. The van der Waals surface area contributed by atoms with E-state index in [0.717, 1.165) is 0 Å². The summed E-state index contributed by atoms with van der Waals surface area (Å²) in [4.78, 5) is 64.5. The molecular weight excluding hydrogens is 492 g/mol. The van der Waals surface area contributed by atoms with E-state index in [1.807, 2.05) is 6.92 Å². The number of hydrogen-bond donors (Lipinski definition) is 3. The Balaban J connectivity index is 3.52. The zero-order valence-corrected chi connectivity index (χ0v) is 22.9. The Kier molecular flexibility index (Phi) is 13.0. The van der Waals surface area contributed by atoms with Gasteiger partial charge in [-0.2, -0.15) is 0 Å². The van der Waals surface area contributed by atoms with Gasteiger partial charge < -0.3 is 30.7 Å². The number of nitrogens with one attached hydrogen (secondary N) is 2. The van der Waals surface area contributed by atoms with Crippen molar-refractivity contribution >= 4 is 35.9 Å². The minimum Gasteiger partial charge on any atom is -0.468 e. The molecule has 2 unspecified atom stereocenters. The number of rotatable bonds is 14. The van der Waals surface area contributed by atoms with Gasteiger partial charge in [0, 0.05) is 13.0 Å². The van der Waals surface area contributed by atoms with E-state index in [1.54, 1.807) is 51.1 Å². The van der Waals surface area contributed by atoms with Gasteiger partial charge in [-0.05, 0) is 50.8 Å². The van der Waals surface area contributed by atoms with Gasteiger partial charge in [0.2, 0.25) is 17.7 Å². The minimum absolute atomic E-state index is 0.0980. The van der Waals surface area contributed by atoms with Crippen LogP contribution < -0.4 is 16.4 Å². The summed E-state index contributed by atoms with van der Waals surface area (Å²) < 4.78 is 9.93. The number of carbonyl (C=O) groups is 5. The van der Waals surface area contributed by atoms with Crippen LogP contribution in [0.5, 0.6) is 0 Å². The van der Waals surface area contributed by atoms with Crippen LogP contribution in [0.4, 0.5) is 4.79 Å². The number of carbonyl (C=O) groups excluding carboxylic acids is 5. The molecule has 11 nitrogen and oxygen atoms in total. The first-order chi connectivity index (χ1) is 17.8. The third-order valence-corrected chi connectivity index (χ3v) is 5.36. The molecule has 210 valence electrons. The highest BCUT2D eigenvalue weighted by Crippen LogP contribution is 2.25. The number of nitrogens with two attached hydrogens (primary N) is 1. The van der Waals surface area contributed by atoms with E-state index >= 15 is 0 Å². The van der Waals surface area contributed by atoms with Gasteiger partial charge in [0.1, 0.15) is 24.2 Å². The zero-order chi connectivity index (χ0) is 28.9. The van der Waals surface area contributed by atoms with Crippen molar-refractivity contribution in [3.8, 4) is 0 Å². The minimum atomic E-state index is -1.20. The van der Waals surface area contributed by atoms with Crippen LogP contribution in [0, 0.1) is 0 Å². The third kappa shape index (κ3) is 11.0. The maximum absolute atomic E-state index is 13.9. The van der Waals surface area contributed by atoms with Crippen molar-refractivity contribution in [1.29, 1.82) is 0 Å². The molecule has 0 aromatic heterocycles. The molecule has 1 aromatic rings. The highest BCUT2D eigenvalue weighted by Gasteiger charge is 2.36. The van der Waals surface area contributed by atoms with Gasteiger partial charge in [-0.1, -0.05) is 44.2 Å². The number of esters is 1. The molecule has 38 heavy (non-hydrogen) atoms. The monoisotopic (exact) mass is 532 g/mol. The highest BCUT2D eigenvalue weighted by atomic mass is 16.6. The van der Waals surface area contributed by atoms with Gasteiger partial charge in [-0.15, -0.1) is 0 Å². The fraction of sp³-hybridized carbons (Fsp3) is 0.519. The van der Waals surface area contributed by atoms with Crippen LogP contribution in [0.15, 0.2) is 30.8 Å². The van der Waals surface area contributed by atoms with Crippen molar-refractivity contribution in [2.45, 2.75) is 71.1 Å². The molecule has 0 saturated carbocycles. The van der Waals surface area contributed by atoms with Gasteiger partial charge in [-0.3, -0.25) is 19.2 Å². The predicted molar refractivity (Wildman–Crippen MR) is 143 cm³/mol. The van der Waals surface area contributed by atoms with Crippen LogP contribution >= 0.6 is 0 Å². The van der Waals surface area contributed by atoms with Crippen LogP contribution in [0.3, 0.4) is 0 Å². The van der Waals surface area contributed by atoms with Gasteiger partial charge in [-0.25, -0.2) is 4.79 Å². The largest absolute Gasteiger partial charge is 0.468 e. The van der Waals surface area contributed by atoms with Crippen LogP contribution in [0.1, 0.15) is 70.5 Å². The summed E-state index contributed by atoms with van der Waals surface area (Å²) in [5.74, 6) is -2.53. The lowest BCUT2D eigenvalue weighted by Gasteiger charge is -2.34. The van der Waals surface area contributed by atoms with Gasteiger partial charge in [0.05, 0.1) is 7.11 Å². The second-order valence-corrected chi connectivity index (χ2v) is 9.66. The SMILES string of the molecule is C=Cc1cccc(C(C(=O)NCC(=O)OC)N(CCCC)C(=O)C(CCC(N)=O)NC(=O)OC(C)(C)C)c1. The Morgan fingerprint density at radius 1 is 1.18 bits per heavy atom. The molecule has 0 radical (unpaired) electrons. The van der Waals surface area contributed by atoms with E-state index in [2.05, 4.69) is 21.9 Å². The molecule has 0 fully saturated rings. The van der Waals surface area contributed by atoms with Crippen molar-refractivity contribution in [1.82, 2.24) is 15.5 Å². The van der Waals surface area contributed by atoms with E-state index in [-0.39, 0.29) is 19.4 Å². The van der Waals surface area contributed by atoms with Gasteiger partial charge in [0.25, 0.3) is 0 Å². The number of nitrogens with zero attached hydrogens (tertiary/aromatic N) is 1. The number of amides is 4.